The SMILES string of the molecule is COc1ccc(F)cc1C1(CCCC(=O)O)COC1. The van der Waals surface area contributed by atoms with E-state index in [2.05, 4.69) is 0 Å². The summed E-state index contributed by atoms with van der Waals surface area (Å²) in [6.45, 7) is 0.957. The van der Waals surface area contributed by atoms with Gasteiger partial charge < -0.3 is 14.6 Å². The van der Waals surface area contributed by atoms with E-state index in [0.29, 0.717) is 31.8 Å². The highest BCUT2D eigenvalue weighted by molar-refractivity contribution is 5.66. The molecule has 1 aromatic rings. The molecule has 0 amide bonds. The fraction of sp³-hybridized carbons (Fsp3) is 0.500. The molecule has 1 aliphatic rings. The lowest BCUT2D eigenvalue weighted by atomic mass is 9.74. The van der Waals surface area contributed by atoms with Gasteiger partial charge >= 0.3 is 5.97 Å². The molecule has 4 nitrogen and oxygen atoms in total. The third-order valence-corrected chi connectivity index (χ3v) is 3.54. The Kier molecular flexibility index (Phi) is 4.04. The van der Waals surface area contributed by atoms with Gasteiger partial charge in [-0.05, 0) is 31.0 Å². The number of hydrogen-bond donors (Lipinski definition) is 1. The topological polar surface area (TPSA) is 55.8 Å². The van der Waals surface area contributed by atoms with Gasteiger partial charge in [0.05, 0.1) is 20.3 Å². The van der Waals surface area contributed by atoms with Crippen LogP contribution in [0.4, 0.5) is 4.39 Å². The highest BCUT2D eigenvalue weighted by atomic mass is 19.1. The quantitative estimate of drug-likeness (QED) is 0.860. The molecule has 104 valence electrons. The van der Waals surface area contributed by atoms with Crippen LogP contribution in [0.1, 0.15) is 24.8 Å². The number of rotatable bonds is 6. The largest absolute Gasteiger partial charge is 0.496 e. The summed E-state index contributed by atoms with van der Waals surface area (Å²) in [5, 5.41) is 8.70. The second kappa shape index (κ2) is 5.57. The third kappa shape index (κ3) is 2.87. The Labute approximate surface area is 111 Å². The second-order valence-corrected chi connectivity index (χ2v) is 4.87. The maximum absolute atomic E-state index is 13.4. The van der Waals surface area contributed by atoms with Crippen LogP contribution in [-0.2, 0) is 14.9 Å². The number of benzene rings is 1. The third-order valence-electron chi connectivity index (χ3n) is 3.54. The molecule has 1 heterocycles. The Morgan fingerprint density at radius 2 is 2.26 bits per heavy atom. The molecule has 1 aromatic carbocycles. The molecule has 1 N–H and O–H groups in total. The first-order valence-electron chi connectivity index (χ1n) is 6.21. The smallest absolute Gasteiger partial charge is 0.303 e. The molecule has 1 fully saturated rings. The number of carbonyl (C=O) groups is 1. The van der Waals surface area contributed by atoms with Crippen molar-refractivity contribution in [2.24, 2.45) is 0 Å². The van der Waals surface area contributed by atoms with E-state index < -0.39 is 5.97 Å². The van der Waals surface area contributed by atoms with E-state index in [9.17, 15) is 9.18 Å². The molecule has 0 aromatic heterocycles. The maximum atomic E-state index is 13.4. The van der Waals surface area contributed by atoms with Crippen molar-refractivity contribution in [1.29, 1.82) is 0 Å². The molecule has 0 bridgehead atoms. The second-order valence-electron chi connectivity index (χ2n) is 4.87. The Balaban J connectivity index is 2.20. The molecule has 0 spiro atoms. The number of halogens is 1. The lowest BCUT2D eigenvalue weighted by Gasteiger charge is -2.42. The van der Waals surface area contributed by atoms with Gasteiger partial charge in [-0.25, -0.2) is 4.39 Å². The molecule has 1 aliphatic heterocycles. The standard InChI is InChI=1S/C14H17FO4/c1-18-12-5-4-10(15)7-11(12)14(8-19-9-14)6-2-3-13(16)17/h4-5,7H,2-3,6,8-9H2,1H3,(H,16,17). The summed E-state index contributed by atoms with van der Waals surface area (Å²) >= 11 is 0. The van der Waals surface area contributed by atoms with Crippen LogP contribution >= 0.6 is 0 Å². The normalized spacial score (nSPS) is 16.7. The van der Waals surface area contributed by atoms with Crippen LogP contribution in [0, 0.1) is 5.82 Å². The van der Waals surface area contributed by atoms with Crippen LogP contribution in [0.15, 0.2) is 18.2 Å². The minimum absolute atomic E-state index is 0.110. The van der Waals surface area contributed by atoms with Gasteiger partial charge in [-0.3, -0.25) is 4.79 Å². The van der Waals surface area contributed by atoms with Crippen molar-refractivity contribution in [2.75, 3.05) is 20.3 Å². The van der Waals surface area contributed by atoms with Crippen LogP contribution in [0.2, 0.25) is 0 Å². The lowest BCUT2D eigenvalue weighted by Crippen LogP contribution is -2.47. The van der Waals surface area contributed by atoms with Crippen molar-refractivity contribution in [1.82, 2.24) is 0 Å². The zero-order valence-corrected chi connectivity index (χ0v) is 10.8. The molecule has 0 radical (unpaired) electrons. The monoisotopic (exact) mass is 268 g/mol. The highest BCUT2D eigenvalue weighted by Crippen LogP contribution is 2.42. The molecule has 0 atom stereocenters. The number of ether oxygens (including phenoxy) is 2. The molecule has 1 saturated heterocycles. The molecule has 19 heavy (non-hydrogen) atoms. The van der Waals surface area contributed by atoms with E-state index in [0.717, 1.165) is 5.56 Å². The predicted octanol–water partition coefficient (Wildman–Crippen LogP) is 2.36. The maximum Gasteiger partial charge on any atom is 0.303 e. The summed E-state index contributed by atoms with van der Waals surface area (Å²) in [5.41, 5.74) is 0.453. The number of carboxylic acids is 1. The summed E-state index contributed by atoms with van der Waals surface area (Å²) in [5.74, 6) is -0.512. The molecular formula is C14H17FO4. The molecule has 0 unspecified atom stereocenters. The number of aliphatic carboxylic acids is 1. The van der Waals surface area contributed by atoms with Crippen molar-refractivity contribution in [3.8, 4) is 5.75 Å². The lowest BCUT2D eigenvalue weighted by molar-refractivity contribution is -0.137. The van der Waals surface area contributed by atoms with Crippen molar-refractivity contribution >= 4 is 5.97 Å². The fourth-order valence-corrected chi connectivity index (χ4v) is 2.46. The van der Waals surface area contributed by atoms with Gasteiger partial charge in [-0.15, -0.1) is 0 Å². The van der Waals surface area contributed by atoms with Crippen molar-refractivity contribution in [3.05, 3.63) is 29.6 Å². The average Bonchev–Trinajstić information content (AvgIpc) is 2.32. The van der Waals surface area contributed by atoms with E-state index in [1.54, 1.807) is 13.2 Å². The van der Waals surface area contributed by atoms with E-state index in [1.807, 2.05) is 0 Å². The van der Waals surface area contributed by atoms with Gasteiger partial charge in [0.1, 0.15) is 11.6 Å². The number of hydrogen-bond acceptors (Lipinski definition) is 3. The summed E-state index contributed by atoms with van der Waals surface area (Å²) < 4.78 is 24.0. The molecular weight excluding hydrogens is 251 g/mol. The predicted molar refractivity (Wildman–Crippen MR) is 66.9 cm³/mol. The number of methoxy groups -OCH3 is 1. The van der Waals surface area contributed by atoms with E-state index in [4.69, 9.17) is 14.6 Å². The first-order valence-corrected chi connectivity index (χ1v) is 6.21. The first-order chi connectivity index (χ1) is 9.07. The molecule has 5 heteroatoms. The van der Waals surface area contributed by atoms with Gasteiger partial charge in [-0.1, -0.05) is 0 Å². The van der Waals surface area contributed by atoms with Gasteiger partial charge in [-0.2, -0.15) is 0 Å². The zero-order valence-electron chi connectivity index (χ0n) is 10.8. The first kappa shape index (κ1) is 13.8. The minimum atomic E-state index is -0.818. The molecule has 2 rings (SSSR count). The van der Waals surface area contributed by atoms with Crippen molar-refractivity contribution < 1.29 is 23.8 Å². The molecule has 0 saturated carbocycles. The van der Waals surface area contributed by atoms with Gasteiger partial charge in [0.2, 0.25) is 0 Å². The Morgan fingerprint density at radius 1 is 1.53 bits per heavy atom. The van der Waals surface area contributed by atoms with Crippen LogP contribution < -0.4 is 4.74 Å². The van der Waals surface area contributed by atoms with Gasteiger partial charge in [0.15, 0.2) is 0 Å². The fourth-order valence-electron chi connectivity index (χ4n) is 2.46. The summed E-state index contributed by atoms with van der Waals surface area (Å²) in [6, 6.07) is 4.41. The summed E-state index contributed by atoms with van der Waals surface area (Å²) in [7, 11) is 1.54. The Hall–Kier alpha value is -1.62. The van der Waals surface area contributed by atoms with E-state index in [1.165, 1.54) is 12.1 Å². The van der Waals surface area contributed by atoms with Crippen molar-refractivity contribution in [2.45, 2.75) is 24.7 Å². The Bertz CT molecular complexity index is 469. The number of carboxylic acid groups (broad SMARTS) is 1. The average molecular weight is 268 g/mol. The summed E-state index contributed by atoms with van der Waals surface area (Å²) in [4.78, 5) is 10.6. The van der Waals surface area contributed by atoms with Crippen LogP contribution in [-0.4, -0.2) is 31.4 Å². The van der Waals surface area contributed by atoms with E-state index in [-0.39, 0.29) is 17.7 Å². The zero-order chi connectivity index (χ0) is 13.9. The minimum Gasteiger partial charge on any atom is -0.496 e. The van der Waals surface area contributed by atoms with Crippen LogP contribution in [0.5, 0.6) is 5.75 Å². The van der Waals surface area contributed by atoms with Gasteiger partial charge in [0, 0.05) is 17.4 Å². The van der Waals surface area contributed by atoms with Gasteiger partial charge in [0.25, 0.3) is 0 Å². The van der Waals surface area contributed by atoms with Crippen LogP contribution in [0.3, 0.4) is 0 Å². The van der Waals surface area contributed by atoms with E-state index >= 15 is 0 Å². The summed E-state index contributed by atoms with van der Waals surface area (Å²) in [6.07, 6.45) is 1.30. The molecule has 0 aliphatic carbocycles. The van der Waals surface area contributed by atoms with Crippen LogP contribution in [0.25, 0.3) is 0 Å². The van der Waals surface area contributed by atoms with Crippen molar-refractivity contribution in [3.63, 3.8) is 0 Å². The Morgan fingerprint density at radius 3 is 2.79 bits per heavy atom. The highest BCUT2D eigenvalue weighted by Gasteiger charge is 2.42.